The molecule has 0 spiro atoms. The van der Waals surface area contributed by atoms with Gasteiger partial charge in [-0.25, -0.2) is 9.97 Å². The van der Waals surface area contributed by atoms with Crippen molar-refractivity contribution in [2.75, 3.05) is 0 Å². The lowest BCUT2D eigenvalue weighted by atomic mass is 10.3. The number of hydrogen-bond acceptors (Lipinski definition) is 3. The van der Waals surface area contributed by atoms with Crippen LogP contribution in [0.25, 0.3) is 11.0 Å². The van der Waals surface area contributed by atoms with Crippen LogP contribution in [0, 0.1) is 0 Å². The highest BCUT2D eigenvalue weighted by Gasteiger charge is 2.17. The second-order valence-electron chi connectivity index (χ2n) is 4.61. The lowest BCUT2D eigenvalue weighted by molar-refractivity contribution is 0.684. The molecule has 3 rings (SSSR count). The fourth-order valence-electron chi connectivity index (χ4n) is 2.20. The SMILES string of the molecule is CC(Cl)c1nc2c(Cl)cccc2n1Cc1ncn(C)n1. The molecular formula is C13H13Cl2N5. The Balaban J connectivity index is 2.16. The van der Waals surface area contributed by atoms with Gasteiger partial charge in [0.15, 0.2) is 5.82 Å². The van der Waals surface area contributed by atoms with E-state index in [1.165, 1.54) is 0 Å². The molecule has 1 atom stereocenters. The summed E-state index contributed by atoms with van der Waals surface area (Å²) in [6.45, 7) is 2.41. The van der Waals surface area contributed by atoms with Crippen molar-refractivity contribution in [3.8, 4) is 0 Å². The predicted octanol–water partition coefficient (Wildman–Crippen LogP) is 3.17. The monoisotopic (exact) mass is 309 g/mol. The van der Waals surface area contributed by atoms with Crippen molar-refractivity contribution in [2.45, 2.75) is 18.8 Å². The van der Waals surface area contributed by atoms with E-state index in [1.807, 2.05) is 36.7 Å². The van der Waals surface area contributed by atoms with Crippen LogP contribution in [0.15, 0.2) is 24.5 Å². The van der Waals surface area contributed by atoms with E-state index in [9.17, 15) is 0 Å². The molecule has 2 heterocycles. The molecule has 1 unspecified atom stereocenters. The van der Waals surface area contributed by atoms with Gasteiger partial charge in [-0.3, -0.25) is 4.68 Å². The van der Waals surface area contributed by atoms with Crippen molar-refractivity contribution in [1.82, 2.24) is 24.3 Å². The number of halogens is 2. The van der Waals surface area contributed by atoms with Crippen LogP contribution < -0.4 is 0 Å². The van der Waals surface area contributed by atoms with Crippen molar-refractivity contribution in [3.63, 3.8) is 0 Å². The zero-order valence-corrected chi connectivity index (χ0v) is 12.6. The molecule has 0 amide bonds. The number of benzene rings is 1. The zero-order chi connectivity index (χ0) is 14.3. The first-order chi connectivity index (χ1) is 9.56. The summed E-state index contributed by atoms with van der Waals surface area (Å²) in [6, 6.07) is 5.69. The van der Waals surface area contributed by atoms with E-state index in [2.05, 4.69) is 15.1 Å². The fourth-order valence-corrected chi connectivity index (χ4v) is 2.58. The van der Waals surface area contributed by atoms with Gasteiger partial charge in [0, 0.05) is 7.05 Å². The van der Waals surface area contributed by atoms with E-state index in [4.69, 9.17) is 23.2 Å². The normalized spacial score (nSPS) is 13.0. The minimum Gasteiger partial charge on any atom is -0.319 e. The molecule has 0 radical (unpaired) electrons. The van der Waals surface area contributed by atoms with Crippen LogP contribution >= 0.6 is 23.2 Å². The molecule has 7 heteroatoms. The Bertz CT molecular complexity index is 759. The Morgan fingerprint density at radius 2 is 2.15 bits per heavy atom. The van der Waals surface area contributed by atoms with Crippen molar-refractivity contribution in [1.29, 1.82) is 0 Å². The Morgan fingerprint density at radius 3 is 2.80 bits per heavy atom. The topological polar surface area (TPSA) is 48.5 Å². The molecule has 0 aliphatic carbocycles. The number of para-hydroxylation sites is 1. The number of aryl methyl sites for hydroxylation is 1. The number of rotatable bonds is 3. The highest BCUT2D eigenvalue weighted by molar-refractivity contribution is 6.35. The van der Waals surface area contributed by atoms with Gasteiger partial charge < -0.3 is 4.57 Å². The third kappa shape index (κ3) is 2.27. The Hall–Kier alpha value is -1.59. The van der Waals surface area contributed by atoms with Gasteiger partial charge >= 0.3 is 0 Å². The van der Waals surface area contributed by atoms with E-state index in [0.717, 1.165) is 16.9 Å². The molecule has 20 heavy (non-hydrogen) atoms. The van der Waals surface area contributed by atoms with Gasteiger partial charge in [0.05, 0.1) is 22.5 Å². The fraction of sp³-hybridized carbons (Fsp3) is 0.308. The lowest BCUT2D eigenvalue weighted by Crippen LogP contribution is -2.07. The van der Waals surface area contributed by atoms with E-state index in [1.54, 1.807) is 11.0 Å². The Labute approximate surface area is 126 Å². The number of nitrogens with zero attached hydrogens (tertiary/aromatic N) is 5. The Kier molecular flexibility index (Phi) is 3.40. The minimum atomic E-state index is -0.220. The third-order valence-electron chi connectivity index (χ3n) is 3.06. The van der Waals surface area contributed by atoms with Crippen LogP contribution in [0.5, 0.6) is 0 Å². The zero-order valence-electron chi connectivity index (χ0n) is 11.1. The van der Waals surface area contributed by atoms with Crippen LogP contribution in [-0.2, 0) is 13.6 Å². The standard InChI is InChI=1S/C13H13Cl2N5/c1-8(14)13-17-12-9(15)4-3-5-10(12)20(13)6-11-16-7-19(2)18-11/h3-5,7-8H,6H2,1-2H3. The molecule has 0 bridgehead atoms. The average Bonchev–Trinajstić information content (AvgIpc) is 2.96. The quantitative estimate of drug-likeness (QED) is 0.698. The molecule has 0 saturated heterocycles. The van der Waals surface area contributed by atoms with Crippen LogP contribution in [0.4, 0.5) is 0 Å². The number of hydrogen-bond donors (Lipinski definition) is 0. The first-order valence-corrected chi connectivity index (χ1v) is 7.01. The van der Waals surface area contributed by atoms with Crippen LogP contribution in [0.2, 0.25) is 5.02 Å². The smallest absolute Gasteiger partial charge is 0.170 e. The predicted molar refractivity (Wildman–Crippen MR) is 79.1 cm³/mol. The molecule has 104 valence electrons. The molecule has 0 N–H and O–H groups in total. The van der Waals surface area contributed by atoms with Gasteiger partial charge in [0.2, 0.25) is 0 Å². The molecule has 0 aliphatic rings. The summed E-state index contributed by atoms with van der Waals surface area (Å²) in [7, 11) is 1.84. The van der Waals surface area contributed by atoms with E-state index < -0.39 is 0 Å². The average molecular weight is 310 g/mol. The summed E-state index contributed by atoms with van der Waals surface area (Å²) in [5.41, 5.74) is 1.69. The summed E-state index contributed by atoms with van der Waals surface area (Å²) in [5, 5.41) is 4.70. The molecular weight excluding hydrogens is 297 g/mol. The maximum Gasteiger partial charge on any atom is 0.170 e. The van der Waals surface area contributed by atoms with E-state index in [-0.39, 0.29) is 5.38 Å². The number of aromatic nitrogens is 5. The number of imidazole rings is 1. The molecule has 3 aromatic rings. The van der Waals surface area contributed by atoms with Gasteiger partial charge in [-0.15, -0.1) is 11.6 Å². The molecule has 0 saturated carbocycles. The van der Waals surface area contributed by atoms with Crippen molar-refractivity contribution in [2.24, 2.45) is 7.05 Å². The molecule has 2 aromatic heterocycles. The second-order valence-corrected chi connectivity index (χ2v) is 5.68. The Morgan fingerprint density at radius 1 is 1.35 bits per heavy atom. The maximum atomic E-state index is 6.23. The largest absolute Gasteiger partial charge is 0.319 e. The summed E-state index contributed by atoms with van der Waals surface area (Å²) in [5.74, 6) is 1.48. The number of alkyl halides is 1. The summed E-state index contributed by atoms with van der Waals surface area (Å²) >= 11 is 12.4. The van der Waals surface area contributed by atoms with Gasteiger partial charge in [0.1, 0.15) is 17.7 Å². The molecule has 0 aliphatic heterocycles. The molecule has 0 fully saturated rings. The van der Waals surface area contributed by atoms with Crippen LogP contribution in [0.3, 0.4) is 0 Å². The van der Waals surface area contributed by atoms with E-state index >= 15 is 0 Å². The lowest BCUT2D eigenvalue weighted by Gasteiger charge is -2.08. The van der Waals surface area contributed by atoms with Crippen molar-refractivity contribution < 1.29 is 0 Å². The maximum absolute atomic E-state index is 6.23. The molecule has 1 aromatic carbocycles. The second kappa shape index (κ2) is 5.07. The summed E-state index contributed by atoms with van der Waals surface area (Å²) in [6.07, 6.45) is 1.67. The van der Waals surface area contributed by atoms with Crippen LogP contribution in [-0.4, -0.2) is 24.3 Å². The highest BCUT2D eigenvalue weighted by Crippen LogP contribution is 2.29. The third-order valence-corrected chi connectivity index (χ3v) is 3.56. The van der Waals surface area contributed by atoms with Gasteiger partial charge in [-0.2, -0.15) is 5.10 Å². The van der Waals surface area contributed by atoms with Gasteiger partial charge in [0.25, 0.3) is 0 Å². The van der Waals surface area contributed by atoms with Crippen LogP contribution in [0.1, 0.15) is 23.9 Å². The van der Waals surface area contributed by atoms with Gasteiger partial charge in [-0.1, -0.05) is 17.7 Å². The minimum absolute atomic E-state index is 0.220. The summed E-state index contributed by atoms with van der Waals surface area (Å²) < 4.78 is 3.68. The molecule has 5 nitrogen and oxygen atoms in total. The van der Waals surface area contributed by atoms with E-state index in [0.29, 0.717) is 17.4 Å². The highest BCUT2D eigenvalue weighted by atomic mass is 35.5. The van der Waals surface area contributed by atoms with Crippen molar-refractivity contribution in [3.05, 3.63) is 41.2 Å². The first kappa shape index (κ1) is 13.4. The first-order valence-electron chi connectivity index (χ1n) is 6.19. The number of fused-ring (bicyclic) bond motifs is 1. The van der Waals surface area contributed by atoms with Gasteiger partial charge in [-0.05, 0) is 19.1 Å². The van der Waals surface area contributed by atoms with Crippen molar-refractivity contribution >= 4 is 34.2 Å². The summed E-state index contributed by atoms with van der Waals surface area (Å²) in [4.78, 5) is 8.80.